The van der Waals surface area contributed by atoms with Crippen LogP contribution in [0.3, 0.4) is 0 Å². The van der Waals surface area contributed by atoms with Crippen LogP contribution in [0.25, 0.3) is 21.9 Å². The molecule has 0 saturated carbocycles. The van der Waals surface area contributed by atoms with Crippen molar-refractivity contribution in [2.45, 2.75) is 38.6 Å². The molecule has 6 nitrogen and oxygen atoms in total. The Bertz CT molecular complexity index is 1420. The molecule has 0 atom stereocenters. The first-order valence-electron chi connectivity index (χ1n) is 12.4. The number of pyridine rings is 2. The number of aromatic nitrogens is 2. The van der Waals surface area contributed by atoms with E-state index in [1.54, 1.807) is 6.20 Å². The quantitative estimate of drug-likeness (QED) is 0.382. The van der Waals surface area contributed by atoms with Crippen LogP contribution in [0, 0.1) is 18.3 Å². The molecule has 1 N–H and O–H groups in total. The van der Waals surface area contributed by atoms with Crippen LogP contribution in [0.4, 0.5) is 5.69 Å². The van der Waals surface area contributed by atoms with Crippen molar-refractivity contribution in [2.75, 3.05) is 18.4 Å². The molecular weight excluding hydrogens is 446 g/mol. The predicted molar refractivity (Wildman–Crippen MR) is 143 cm³/mol. The molecule has 1 fully saturated rings. The van der Waals surface area contributed by atoms with Crippen LogP contribution in [0.2, 0.25) is 0 Å². The standard InChI is InChI=1S/C30H29N5O/c1-21-7-8-25(19-33-21)30(36)35-14-10-27(11-15-35)34-29-18-26(17-24-9-13-32-20-28(24)29)23-6-2-4-22(16-23)5-3-12-31/h2,4,6-9,13,16-20,27,34H,3,5,10-11,14-15H2,1H3. The second-order valence-corrected chi connectivity index (χ2v) is 9.38. The Kier molecular flexibility index (Phi) is 6.90. The average molecular weight is 476 g/mol. The number of carbonyl (C=O) groups excluding carboxylic acids is 1. The number of anilines is 1. The van der Waals surface area contributed by atoms with Crippen LogP contribution in [0.1, 0.15) is 40.9 Å². The van der Waals surface area contributed by atoms with Gasteiger partial charge in [-0.15, -0.1) is 0 Å². The van der Waals surface area contributed by atoms with Crippen LogP contribution in [0.5, 0.6) is 0 Å². The first-order chi connectivity index (χ1) is 17.6. The summed E-state index contributed by atoms with van der Waals surface area (Å²) in [6.45, 7) is 3.34. The second kappa shape index (κ2) is 10.6. The molecule has 4 aromatic rings. The third kappa shape index (κ3) is 5.21. The normalized spacial score (nSPS) is 13.9. The molecule has 0 radical (unpaired) electrons. The molecule has 180 valence electrons. The summed E-state index contributed by atoms with van der Waals surface area (Å²) in [5.41, 5.74) is 6.06. The predicted octanol–water partition coefficient (Wildman–Crippen LogP) is 5.78. The monoisotopic (exact) mass is 475 g/mol. The summed E-state index contributed by atoms with van der Waals surface area (Å²) < 4.78 is 0. The molecule has 36 heavy (non-hydrogen) atoms. The lowest BCUT2D eigenvalue weighted by Crippen LogP contribution is -2.42. The lowest BCUT2D eigenvalue weighted by atomic mass is 9.97. The van der Waals surface area contributed by atoms with Crippen molar-refractivity contribution < 1.29 is 4.79 Å². The Labute approximate surface area is 211 Å². The summed E-state index contributed by atoms with van der Waals surface area (Å²) >= 11 is 0. The number of hydrogen-bond acceptors (Lipinski definition) is 5. The minimum Gasteiger partial charge on any atom is -0.382 e. The summed E-state index contributed by atoms with van der Waals surface area (Å²) in [6.07, 6.45) is 8.42. The van der Waals surface area contributed by atoms with Crippen LogP contribution >= 0.6 is 0 Å². The fraction of sp³-hybridized carbons (Fsp3) is 0.267. The van der Waals surface area contributed by atoms with E-state index < -0.39 is 0 Å². The highest BCUT2D eigenvalue weighted by Gasteiger charge is 2.24. The highest BCUT2D eigenvalue weighted by Crippen LogP contribution is 2.32. The van der Waals surface area contributed by atoms with E-state index in [-0.39, 0.29) is 11.9 Å². The van der Waals surface area contributed by atoms with Crippen LogP contribution in [0.15, 0.2) is 73.2 Å². The maximum Gasteiger partial charge on any atom is 0.255 e. The molecule has 1 saturated heterocycles. The third-order valence-corrected chi connectivity index (χ3v) is 6.84. The zero-order chi connectivity index (χ0) is 24.9. The zero-order valence-electron chi connectivity index (χ0n) is 20.4. The number of likely N-dealkylation sites (tertiary alicyclic amines) is 1. The first kappa shape index (κ1) is 23.5. The maximum atomic E-state index is 12.9. The number of nitrogens with one attached hydrogen (secondary N) is 1. The van der Waals surface area contributed by atoms with Gasteiger partial charge in [0, 0.05) is 60.9 Å². The molecule has 1 amide bonds. The largest absolute Gasteiger partial charge is 0.382 e. The second-order valence-electron chi connectivity index (χ2n) is 9.38. The Morgan fingerprint density at radius 2 is 1.94 bits per heavy atom. The number of piperidine rings is 1. The van der Waals surface area contributed by atoms with Gasteiger partial charge in [-0.25, -0.2) is 0 Å². The molecular formula is C30H29N5O. The minimum atomic E-state index is 0.0499. The highest BCUT2D eigenvalue weighted by molar-refractivity contribution is 5.97. The van der Waals surface area contributed by atoms with Gasteiger partial charge in [-0.1, -0.05) is 24.3 Å². The van der Waals surface area contributed by atoms with Gasteiger partial charge in [0.25, 0.3) is 5.91 Å². The smallest absolute Gasteiger partial charge is 0.255 e. The van der Waals surface area contributed by atoms with Crippen molar-refractivity contribution >= 4 is 22.4 Å². The van der Waals surface area contributed by atoms with Crippen molar-refractivity contribution in [3.8, 4) is 17.2 Å². The Morgan fingerprint density at radius 1 is 1.08 bits per heavy atom. The fourth-order valence-electron chi connectivity index (χ4n) is 4.82. The van der Waals surface area contributed by atoms with E-state index in [9.17, 15) is 4.79 Å². The zero-order valence-corrected chi connectivity index (χ0v) is 20.4. The SMILES string of the molecule is Cc1ccc(C(=O)N2CCC(Nc3cc(-c4cccc(CCC#N)c4)cc4ccncc34)CC2)cn1. The minimum absolute atomic E-state index is 0.0499. The number of nitriles is 1. The van der Waals surface area contributed by atoms with Crippen LogP contribution in [-0.2, 0) is 6.42 Å². The Hall–Kier alpha value is -4.24. The molecule has 2 aromatic carbocycles. The van der Waals surface area contributed by atoms with Gasteiger partial charge in [-0.05, 0) is 78.6 Å². The van der Waals surface area contributed by atoms with E-state index in [1.807, 2.05) is 42.4 Å². The van der Waals surface area contributed by atoms with Crippen molar-refractivity contribution in [1.82, 2.24) is 14.9 Å². The van der Waals surface area contributed by atoms with E-state index in [2.05, 4.69) is 57.8 Å². The van der Waals surface area contributed by atoms with E-state index in [0.717, 1.165) is 52.5 Å². The third-order valence-electron chi connectivity index (χ3n) is 6.84. The number of hydrogen-bond donors (Lipinski definition) is 1. The maximum absolute atomic E-state index is 12.9. The van der Waals surface area contributed by atoms with E-state index >= 15 is 0 Å². The summed E-state index contributed by atoms with van der Waals surface area (Å²) in [5.74, 6) is 0.0499. The van der Waals surface area contributed by atoms with Crippen molar-refractivity contribution in [3.63, 3.8) is 0 Å². The van der Waals surface area contributed by atoms with Crippen LogP contribution in [-0.4, -0.2) is 39.9 Å². The van der Waals surface area contributed by atoms with Crippen molar-refractivity contribution in [3.05, 3.63) is 90.0 Å². The van der Waals surface area contributed by atoms with Gasteiger partial charge >= 0.3 is 0 Å². The topological polar surface area (TPSA) is 81.9 Å². The van der Waals surface area contributed by atoms with Gasteiger partial charge in [0.15, 0.2) is 0 Å². The number of fused-ring (bicyclic) bond motifs is 1. The van der Waals surface area contributed by atoms with Gasteiger partial charge in [-0.2, -0.15) is 5.26 Å². The summed E-state index contributed by atoms with van der Waals surface area (Å²) in [5, 5.41) is 14.9. The Balaban J connectivity index is 1.34. The highest BCUT2D eigenvalue weighted by atomic mass is 16.2. The number of carbonyl (C=O) groups is 1. The molecule has 5 rings (SSSR count). The first-order valence-corrected chi connectivity index (χ1v) is 12.4. The fourth-order valence-corrected chi connectivity index (χ4v) is 4.82. The Morgan fingerprint density at radius 3 is 2.72 bits per heavy atom. The number of aryl methyl sites for hydroxylation is 2. The number of nitrogens with zero attached hydrogens (tertiary/aromatic N) is 4. The van der Waals surface area contributed by atoms with Crippen molar-refractivity contribution in [2.24, 2.45) is 0 Å². The van der Waals surface area contributed by atoms with Gasteiger partial charge < -0.3 is 10.2 Å². The number of amides is 1. The van der Waals surface area contributed by atoms with Crippen molar-refractivity contribution in [1.29, 1.82) is 5.26 Å². The van der Waals surface area contributed by atoms with Gasteiger partial charge in [0.05, 0.1) is 11.6 Å². The molecule has 2 aromatic heterocycles. The summed E-state index contributed by atoms with van der Waals surface area (Å²) in [4.78, 5) is 23.4. The molecule has 0 spiro atoms. The molecule has 3 heterocycles. The van der Waals surface area contributed by atoms with Gasteiger partial charge in [0.1, 0.15) is 0 Å². The number of benzene rings is 2. The molecule has 1 aliphatic heterocycles. The van der Waals surface area contributed by atoms with Gasteiger partial charge in [-0.3, -0.25) is 14.8 Å². The van der Waals surface area contributed by atoms with Gasteiger partial charge in [0.2, 0.25) is 0 Å². The lowest BCUT2D eigenvalue weighted by molar-refractivity contribution is 0.0718. The molecule has 0 unspecified atom stereocenters. The molecule has 1 aliphatic rings. The van der Waals surface area contributed by atoms with E-state index in [1.165, 1.54) is 5.56 Å². The van der Waals surface area contributed by atoms with E-state index in [0.29, 0.717) is 25.1 Å². The lowest BCUT2D eigenvalue weighted by Gasteiger charge is -2.33. The summed E-state index contributed by atoms with van der Waals surface area (Å²) in [7, 11) is 0. The average Bonchev–Trinajstić information content (AvgIpc) is 2.92. The van der Waals surface area contributed by atoms with Crippen LogP contribution < -0.4 is 5.32 Å². The number of rotatable bonds is 6. The molecule has 0 bridgehead atoms. The molecule has 0 aliphatic carbocycles. The molecule has 6 heteroatoms. The van der Waals surface area contributed by atoms with E-state index in [4.69, 9.17) is 5.26 Å². The summed E-state index contributed by atoms with van der Waals surface area (Å²) in [6, 6.07) is 21.1.